The van der Waals surface area contributed by atoms with Gasteiger partial charge in [-0.1, -0.05) is 36.5 Å². The maximum atomic E-state index is 13.0. The van der Waals surface area contributed by atoms with Crippen LogP contribution >= 0.6 is 0 Å². The smallest absolute Gasteiger partial charge is 0.322 e. The second-order valence-corrected chi connectivity index (χ2v) is 10.6. The third-order valence-electron chi connectivity index (χ3n) is 6.33. The number of anilines is 1. The van der Waals surface area contributed by atoms with Gasteiger partial charge in [-0.3, -0.25) is 10.1 Å². The van der Waals surface area contributed by atoms with Gasteiger partial charge in [0.15, 0.2) is 11.5 Å². The lowest BCUT2D eigenvalue weighted by molar-refractivity contribution is 0.0716. The molecule has 1 aliphatic heterocycles. The minimum Gasteiger partial charge on any atom is -0.485 e. The number of sulfonamides is 1. The predicted octanol–water partition coefficient (Wildman–Crippen LogP) is 3.79. The minimum atomic E-state index is -3.64. The summed E-state index contributed by atoms with van der Waals surface area (Å²) in [6, 6.07) is 13.0. The van der Waals surface area contributed by atoms with Crippen LogP contribution in [0.2, 0.25) is 0 Å². The lowest BCUT2D eigenvalue weighted by atomic mass is 9.96. The quantitative estimate of drug-likeness (QED) is 0.544. The third kappa shape index (κ3) is 4.87. The highest BCUT2D eigenvalue weighted by Gasteiger charge is 2.30. The molecule has 2 aliphatic rings. The Balaban J connectivity index is 1.23. The van der Waals surface area contributed by atoms with E-state index in [1.165, 1.54) is 28.6 Å². The number of nitrogens with zero attached hydrogens (tertiary/aromatic N) is 3. The molecule has 10 nitrogen and oxygen atoms in total. The normalized spacial score (nSPS) is 18.4. The summed E-state index contributed by atoms with van der Waals surface area (Å²) >= 11 is 0. The molecule has 5 rings (SSSR count). The molecule has 0 spiro atoms. The molecule has 35 heavy (non-hydrogen) atoms. The van der Waals surface area contributed by atoms with Crippen molar-refractivity contribution in [3.8, 4) is 11.5 Å². The van der Waals surface area contributed by atoms with E-state index in [-0.39, 0.29) is 35.0 Å². The molecule has 2 heterocycles. The lowest BCUT2D eigenvalue weighted by Gasteiger charge is -2.30. The Morgan fingerprint density at radius 1 is 1.00 bits per heavy atom. The van der Waals surface area contributed by atoms with Crippen LogP contribution in [0, 0.1) is 0 Å². The topological polar surface area (TPSA) is 124 Å². The summed E-state index contributed by atoms with van der Waals surface area (Å²) in [5, 5.41) is 10.3. The van der Waals surface area contributed by atoms with Crippen molar-refractivity contribution in [1.29, 1.82) is 0 Å². The molecule has 1 fully saturated rings. The van der Waals surface area contributed by atoms with Crippen LogP contribution in [0.3, 0.4) is 0 Å². The van der Waals surface area contributed by atoms with Crippen molar-refractivity contribution in [3.63, 3.8) is 0 Å². The summed E-state index contributed by atoms with van der Waals surface area (Å²) in [7, 11) is -2.01. The molecule has 1 aromatic heterocycles. The van der Waals surface area contributed by atoms with E-state index in [0.717, 1.165) is 32.1 Å². The van der Waals surface area contributed by atoms with Gasteiger partial charge in [0.05, 0.1) is 4.90 Å². The summed E-state index contributed by atoms with van der Waals surface area (Å²) in [5.41, 5.74) is 0.259. The second kappa shape index (κ2) is 9.67. The number of hydrogen-bond acceptors (Lipinski definition) is 8. The second-order valence-electron chi connectivity index (χ2n) is 8.60. The van der Waals surface area contributed by atoms with Crippen LogP contribution in [0.15, 0.2) is 57.8 Å². The zero-order valence-electron chi connectivity index (χ0n) is 19.2. The van der Waals surface area contributed by atoms with Crippen molar-refractivity contribution in [2.45, 2.75) is 49.1 Å². The molecular weight excluding hydrogens is 472 g/mol. The van der Waals surface area contributed by atoms with E-state index in [1.807, 2.05) is 12.1 Å². The van der Waals surface area contributed by atoms with Gasteiger partial charge in [0.1, 0.15) is 6.61 Å². The fourth-order valence-electron chi connectivity index (χ4n) is 4.31. The number of nitrogens with one attached hydrogen (secondary N) is 1. The summed E-state index contributed by atoms with van der Waals surface area (Å²) < 4.78 is 44.5. The summed E-state index contributed by atoms with van der Waals surface area (Å²) in [4.78, 5) is 12.8. The Morgan fingerprint density at radius 3 is 2.46 bits per heavy atom. The maximum absolute atomic E-state index is 13.0. The molecule has 184 valence electrons. The Labute approximate surface area is 203 Å². The number of aromatic nitrogens is 2. The van der Waals surface area contributed by atoms with E-state index in [2.05, 4.69) is 15.5 Å². The molecule has 1 amide bonds. The molecule has 1 saturated carbocycles. The monoisotopic (exact) mass is 498 g/mol. The van der Waals surface area contributed by atoms with E-state index < -0.39 is 22.0 Å². The Morgan fingerprint density at radius 2 is 1.71 bits per heavy atom. The van der Waals surface area contributed by atoms with Gasteiger partial charge in [-0.25, -0.2) is 8.42 Å². The minimum absolute atomic E-state index is 0.00970. The number of amides is 1. The molecule has 1 N–H and O–H groups in total. The zero-order chi connectivity index (χ0) is 24.4. The van der Waals surface area contributed by atoms with Gasteiger partial charge in [-0.05, 0) is 49.2 Å². The van der Waals surface area contributed by atoms with Gasteiger partial charge in [0, 0.05) is 18.7 Å². The highest BCUT2D eigenvalue weighted by molar-refractivity contribution is 7.89. The average molecular weight is 499 g/mol. The van der Waals surface area contributed by atoms with E-state index in [1.54, 1.807) is 19.2 Å². The molecule has 2 aromatic carbocycles. The number of fused-ring (bicyclic) bond motifs is 1. The Bertz CT molecular complexity index is 1300. The van der Waals surface area contributed by atoms with Crippen LogP contribution in [0.4, 0.5) is 6.01 Å². The van der Waals surface area contributed by atoms with E-state index >= 15 is 0 Å². The van der Waals surface area contributed by atoms with Gasteiger partial charge >= 0.3 is 6.01 Å². The molecular formula is C24H26N4O6S. The average Bonchev–Trinajstić information content (AvgIpc) is 3.37. The number of rotatable bonds is 6. The van der Waals surface area contributed by atoms with Crippen molar-refractivity contribution >= 4 is 21.9 Å². The highest BCUT2D eigenvalue weighted by atomic mass is 32.2. The molecule has 1 unspecified atom stereocenters. The van der Waals surface area contributed by atoms with Crippen molar-refractivity contribution in [3.05, 3.63) is 60.0 Å². The Hall–Kier alpha value is -3.44. The van der Waals surface area contributed by atoms with Crippen LogP contribution in [-0.4, -0.2) is 48.5 Å². The van der Waals surface area contributed by atoms with Crippen molar-refractivity contribution < 1.29 is 27.1 Å². The highest BCUT2D eigenvalue weighted by Crippen LogP contribution is 2.35. The van der Waals surface area contributed by atoms with Crippen LogP contribution < -0.4 is 14.8 Å². The maximum Gasteiger partial charge on any atom is 0.322 e. The van der Waals surface area contributed by atoms with Crippen molar-refractivity contribution in [2.24, 2.45) is 0 Å². The summed E-state index contributed by atoms with van der Waals surface area (Å²) in [5.74, 6) is 0.863. The molecule has 3 aromatic rings. The van der Waals surface area contributed by atoms with Gasteiger partial charge < -0.3 is 13.9 Å². The van der Waals surface area contributed by atoms with E-state index in [0.29, 0.717) is 11.5 Å². The first-order valence-electron chi connectivity index (χ1n) is 11.5. The standard InChI is InChI=1S/C24H26N4O6S/c1-28(17-7-3-2-4-8-17)35(30,31)18-13-11-16(12-14-18)22(29)25-24-27-26-23(34-24)21-15-32-19-9-5-6-10-20(19)33-21/h5-6,9-14,17,21H,2-4,7-8,15H2,1H3,(H,25,27,29). The van der Waals surface area contributed by atoms with Gasteiger partial charge in [0.2, 0.25) is 16.1 Å². The number of para-hydroxylation sites is 2. The molecule has 0 radical (unpaired) electrons. The van der Waals surface area contributed by atoms with Gasteiger partial charge in [0.25, 0.3) is 11.8 Å². The zero-order valence-corrected chi connectivity index (χ0v) is 20.0. The van der Waals surface area contributed by atoms with Crippen LogP contribution in [0.25, 0.3) is 0 Å². The van der Waals surface area contributed by atoms with E-state index in [4.69, 9.17) is 13.9 Å². The fraction of sp³-hybridized carbons (Fsp3) is 0.375. The number of benzene rings is 2. The largest absolute Gasteiger partial charge is 0.485 e. The van der Waals surface area contributed by atoms with Crippen molar-refractivity contribution in [2.75, 3.05) is 19.0 Å². The summed E-state index contributed by atoms with van der Waals surface area (Å²) in [6.45, 7) is 0.192. The number of ether oxygens (including phenoxy) is 2. The first-order valence-corrected chi connectivity index (χ1v) is 13.0. The number of carbonyl (C=O) groups excluding carboxylic acids is 1. The molecule has 0 saturated heterocycles. The molecule has 0 bridgehead atoms. The lowest BCUT2D eigenvalue weighted by Crippen LogP contribution is -2.38. The SMILES string of the molecule is CN(C1CCCCC1)S(=O)(=O)c1ccc(C(=O)Nc2nnc(C3COc4ccccc4O3)o2)cc1. The van der Waals surface area contributed by atoms with Crippen LogP contribution in [0.5, 0.6) is 11.5 Å². The molecule has 11 heteroatoms. The van der Waals surface area contributed by atoms with Crippen LogP contribution in [0.1, 0.15) is 54.5 Å². The first kappa shape index (κ1) is 23.3. The first-order chi connectivity index (χ1) is 16.9. The van der Waals surface area contributed by atoms with Gasteiger partial charge in [-0.15, -0.1) is 5.10 Å². The van der Waals surface area contributed by atoms with Crippen molar-refractivity contribution in [1.82, 2.24) is 14.5 Å². The van der Waals surface area contributed by atoms with E-state index in [9.17, 15) is 13.2 Å². The number of hydrogen-bond donors (Lipinski definition) is 1. The predicted molar refractivity (Wildman–Crippen MR) is 126 cm³/mol. The fourth-order valence-corrected chi connectivity index (χ4v) is 5.73. The van der Waals surface area contributed by atoms with Crippen LogP contribution in [-0.2, 0) is 10.0 Å². The number of carbonyl (C=O) groups is 1. The molecule has 1 aliphatic carbocycles. The van der Waals surface area contributed by atoms with Gasteiger partial charge in [-0.2, -0.15) is 4.31 Å². The Kier molecular flexibility index (Phi) is 6.44. The summed E-state index contributed by atoms with van der Waals surface area (Å²) in [6.07, 6.45) is 4.35. The third-order valence-corrected chi connectivity index (χ3v) is 8.25. The molecule has 1 atom stereocenters.